The molecule has 0 saturated heterocycles. The molecule has 0 aromatic heterocycles. The summed E-state index contributed by atoms with van der Waals surface area (Å²) in [6.45, 7) is 4.92. The first-order chi connectivity index (χ1) is 35.5. The second-order valence-electron chi connectivity index (χ2n) is 22.5. The van der Waals surface area contributed by atoms with Crippen LogP contribution in [0.1, 0.15) is 361 Å². The van der Waals surface area contributed by atoms with E-state index >= 15 is 0 Å². The number of allylic oxidation sites excluding steroid dienone is 3. The lowest BCUT2D eigenvalue weighted by Crippen LogP contribution is -2.45. The van der Waals surface area contributed by atoms with Crippen LogP contribution in [0.5, 0.6) is 0 Å². The topological polar surface area (TPSA) is 95.9 Å². The van der Waals surface area contributed by atoms with Gasteiger partial charge in [-0.05, 0) is 57.8 Å². The van der Waals surface area contributed by atoms with Crippen LogP contribution in [0, 0.1) is 0 Å². The molecule has 0 radical (unpaired) electrons. The summed E-state index contributed by atoms with van der Waals surface area (Å²) in [6.07, 6.45) is 76.5. The smallest absolute Gasteiger partial charge is 0.305 e. The van der Waals surface area contributed by atoms with Gasteiger partial charge in [-0.15, -0.1) is 0 Å². The van der Waals surface area contributed by atoms with Crippen LogP contribution in [0.15, 0.2) is 24.3 Å². The fourth-order valence-electron chi connectivity index (χ4n) is 10.2. The highest BCUT2D eigenvalue weighted by Gasteiger charge is 2.18. The van der Waals surface area contributed by atoms with Crippen LogP contribution in [0.4, 0.5) is 0 Å². The van der Waals surface area contributed by atoms with Gasteiger partial charge in [0.25, 0.3) is 0 Å². The molecule has 0 aliphatic carbocycles. The zero-order chi connectivity index (χ0) is 52.2. The van der Waals surface area contributed by atoms with Crippen molar-refractivity contribution >= 4 is 11.9 Å². The van der Waals surface area contributed by atoms with Crippen molar-refractivity contribution in [2.45, 2.75) is 373 Å². The molecule has 6 nitrogen and oxygen atoms in total. The maximum Gasteiger partial charge on any atom is 0.305 e. The summed E-state index contributed by atoms with van der Waals surface area (Å²) in [5.74, 6) is -0.0665. The lowest BCUT2D eigenvalue weighted by atomic mass is 10.0. The van der Waals surface area contributed by atoms with Crippen LogP contribution in [0.25, 0.3) is 0 Å². The van der Waals surface area contributed by atoms with Crippen LogP contribution >= 0.6 is 0 Å². The predicted molar refractivity (Wildman–Crippen MR) is 315 cm³/mol. The Hall–Kier alpha value is -1.66. The summed E-state index contributed by atoms with van der Waals surface area (Å²) < 4.78 is 5.50. The highest BCUT2D eigenvalue weighted by molar-refractivity contribution is 5.76. The van der Waals surface area contributed by atoms with Crippen molar-refractivity contribution in [2.24, 2.45) is 0 Å². The van der Waals surface area contributed by atoms with Gasteiger partial charge in [-0.25, -0.2) is 0 Å². The van der Waals surface area contributed by atoms with Gasteiger partial charge in [0.05, 0.1) is 25.4 Å². The second-order valence-corrected chi connectivity index (χ2v) is 22.5. The Kier molecular flexibility index (Phi) is 60.5. The lowest BCUT2D eigenvalue weighted by Gasteiger charge is -2.20. The Balaban J connectivity index is 3.43. The average Bonchev–Trinajstić information content (AvgIpc) is 3.38. The fourth-order valence-corrected chi connectivity index (χ4v) is 10.2. The molecular weight excluding hydrogens is 887 g/mol. The molecule has 0 heterocycles. The molecule has 72 heavy (non-hydrogen) atoms. The third-order valence-corrected chi connectivity index (χ3v) is 15.2. The van der Waals surface area contributed by atoms with E-state index in [0.717, 1.165) is 44.9 Å². The molecule has 0 saturated carbocycles. The van der Waals surface area contributed by atoms with Crippen molar-refractivity contribution in [3.05, 3.63) is 24.3 Å². The maximum atomic E-state index is 12.5. The number of ether oxygens (including phenoxy) is 1. The fraction of sp³-hybridized carbons (Fsp3) is 0.909. The van der Waals surface area contributed by atoms with Gasteiger partial charge >= 0.3 is 5.97 Å². The third-order valence-electron chi connectivity index (χ3n) is 15.2. The highest BCUT2D eigenvalue weighted by atomic mass is 16.5. The van der Waals surface area contributed by atoms with Gasteiger partial charge in [0.15, 0.2) is 0 Å². The van der Waals surface area contributed by atoms with Crippen LogP contribution in [0.3, 0.4) is 0 Å². The Morgan fingerprint density at radius 2 is 0.653 bits per heavy atom. The SMILES string of the molecule is CCCCCCCCCCCCCCCCC/C=C/C(O)C(CO)NC(=O)CCCCCCCCC/C=C\CCCCCCCCCCOC(=O)CCCCCCCCCCCCCCCCCCCCC. The molecule has 426 valence electrons. The normalized spacial score (nSPS) is 12.7. The number of nitrogens with one attached hydrogen (secondary N) is 1. The average molecular weight is 1010 g/mol. The van der Waals surface area contributed by atoms with Crippen molar-refractivity contribution in [1.82, 2.24) is 5.32 Å². The number of amides is 1. The van der Waals surface area contributed by atoms with E-state index < -0.39 is 12.1 Å². The van der Waals surface area contributed by atoms with E-state index in [9.17, 15) is 19.8 Å². The molecule has 0 rings (SSSR count). The first-order valence-corrected chi connectivity index (χ1v) is 32.6. The summed E-state index contributed by atoms with van der Waals surface area (Å²) in [5.41, 5.74) is 0. The van der Waals surface area contributed by atoms with E-state index in [4.69, 9.17) is 4.74 Å². The molecule has 0 aromatic rings. The predicted octanol–water partition coefficient (Wildman–Crippen LogP) is 20.6. The first-order valence-electron chi connectivity index (χ1n) is 32.6. The first kappa shape index (κ1) is 70.3. The zero-order valence-corrected chi connectivity index (χ0v) is 48.7. The molecule has 3 N–H and O–H groups in total. The largest absolute Gasteiger partial charge is 0.466 e. The number of hydrogen-bond acceptors (Lipinski definition) is 5. The van der Waals surface area contributed by atoms with Gasteiger partial charge in [0, 0.05) is 12.8 Å². The molecule has 0 aliphatic heterocycles. The maximum absolute atomic E-state index is 12.5. The quantitative estimate of drug-likeness (QED) is 0.0320. The molecule has 0 aromatic carbocycles. The molecule has 0 aliphatic rings. The monoisotopic (exact) mass is 1010 g/mol. The Morgan fingerprint density at radius 1 is 0.375 bits per heavy atom. The van der Waals surface area contributed by atoms with Crippen LogP contribution in [-0.2, 0) is 14.3 Å². The number of aliphatic hydroxyl groups excluding tert-OH is 2. The van der Waals surface area contributed by atoms with E-state index in [1.165, 1.54) is 289 Å². The highest BCUT2D eigenvalue weighted by Crippen LogP contribution is 2.18. The minimum atomic E-state index is -0.851. The van der Waals surface area contributed by atoms with Gasteiger partial charge in [-0.1, -0.05) is 314 Å². The molecule has 0 bridgehead atoms. The number of esters is 1. The van der Waals surface area contributed by atoms with Crippen molar-refractivity contribution in [3.8, 4) is 0 Å². The number of carbonyl (C=O) groups excluding carboxylic acids is 2. The van der Waals surface area contributed by atoms with Crippen molar-refractivity contribution in [2.75, 3.05) is 13.2 Å². The number of aliphatic hydroxyl groups is 2. The van der Waals surface area contributed by atoms with Gasteiger partial charge in [0.1, 0.15) is 0 Å². The van der Waals surface area contributed by atoms with Gasteiger partial charge in [0.2, 0.25) is 5.91 Å². The number of unbranched alkanes of at least 4 members (excludes halogenated alkanes) is 48. The standard InChI is InChI=1S/C66H127NO5/c1-3-5-7-9-11-13-15-17-19-21-23-28-32-36-40-44-48-52-56-60-66(71)72-61-57-53-49-45-41-37-33-29-25-22-24-27-31-35-39-43-47-51-55-59-65(70)67-63(62-68)64(69)58-54-50-46-42-38-34-30-26-20-18-16-14-12-10-8-6-4-2/h22,24,54,58,63-64,68-69H,3-21,23,25-53,55-57,59-62H2,1-2H3,(H,67,70)/b24-22-,58-54+. The van der Waals surface area contributed by atoms with Crippen molar-refractivity contribution in [3.63, 3.8) is 0 Å². The van der Waals surface area contributed by atoms with Gasteiger partial charge < -0.3 is 20.3 Å². The Labute approximate surface area is 450 Å². The summed E-state index contributed by atoms with van der Waals surface area (Å²) in [4.78, 5) is 24.6. The van der Waals surface area contributed by atoms with E-state index in [2.05, 4.69) is 31.3 Å². The molecule has 1 amide bonds. The molecule has 0 fully saturated rings. The van der Waals surface area contributed by atoms with Gasteiger partial charge in [-0.2, -0.15) is 0 Å². The van der Waals surface area contributed by atoms with Crippen molar-refractivity contribution in [1.29, 1.82) is 0 Å². The van der Waals surface area contributed by atoms with E-state index in [1.807, 2.05) is 6.08 Å². The minimum absolute atomic E-state index is 0.00854. The molecule has 2 atom stereocenters. The van der Waals surface area contributed by atoms with E-state index in [1.54, 1.807) is 6.08 Å². The molecule has 0 spiro atoms. The Bertz CT molecular complexity index is 1120. The van der Waals surface area contributed by atoms with Gasteiger partial charge in [-0.3, -0.25) is 9.59 Å². The summed E-state index contributed by atoms with van der Waals surface area (Å²) in [7, 11) is 0. The number of carbonyl (C=O) groups is 2. The second kappa shape index (κ2) is 61.9. The number of hydrogen-bond donors (Lipinski definition) is 3. The van der Waals surface area contributed by atoms with Crippen LogP contribution < -0.4 is 5.32 Å². The van der Waals surface area contributed by atoms with E-state index in [-0.39, 0.29) is 18.5 Å². The summed E-state index contributed by atoms with van der Waals surface area (Å²) >= 11 is 0. The number of rotatable bonds is 61. The van der Waals surface area contributed by atoms with E-state index in [0.29, 0.717) is 19.4 Å². The summed E-state index contributed by atoms with van der Waals surface area (Å²) in [6, 6.07) is -0.635. The van der Waals surface area contributed by atoms with Crippen LogP contribution in [-0.4, -0.2) is 47.4 Å². The summed E-state index contributed by atoms with van der Waals surface area (Å²) in [5, 5.41) is 23.2. The molecule has 2 unspecified atom stereocenters. The lowest BCUT2D eigenvalue weighted by molar-refractivity contribution is -0.143. The zero-order valence-electron chi connectivity index (χ0n) is 48.7. The molecular formula is C66H127NO5. The Morgan fingerprint density at radius 3 is 0.986 bits per heavy atom. The van der Waals surface area contributed by atoms with Crippen molar-refractivity contribution < 1.29 is 24.5 Å². The van der Waals surface area contributed by atoms with Crippen LogP contribution in [0.2, 0.25) is 0 Å². The minimum Gasteiger partial charge on any atom is -0.466 e. The molecule has 6 heteroatoms. The third kappa shape index (κ3) is 57.6.